The van der Waals surface area contributed by atoms with Gasteiger partial charge < -0.3 is 14.9 Å². The van der Waals surface area contributed by atoms with Crippen LogP contribution in [0.4, 0.5) is 0 Å². The average Bonchev–Trinajstić information content (AvgIpc) is 2.60. The highest BCUT2D eigenvalue weighted by Crippen LogP contribution is 2.60. The Kier molecular flexibility index (Phi) is 4.18. The van der Waals surface area contributed by atoms with Gasteiger partial charge >= 0.3 is 5.97 Å². The van der Waals surface area contributed by atoms with E-state index < -0.39 is 11.2 Å². The minimum Gasteiger partial charge on any atom is -0.462 e. The molecule has 2 N–H and O–H groups in total. The zero-order chi connectivity index (χ0) is 16.1. The summed E-state index contributed by atoms with van der Waals surface area (Å²) in [4.78, 5) is 11.4. The van der Waals surface area contributed by atoms with E-state index in [0.29, 0.717) is 12.8 Å². The fourth-order valence-corrected chi connectivity index (χ4v) is 5.10. The molecule has 0 bridgehead atoms. The first-order valence-corrected chi connectivity index (χ1v) is 8.08. The van der Waals surface area contributed by atoms with Crippen LogP contribution in [0.2, 0.25) is 0 Å². The largest absolute Gasteiger partial charge is 0.462 e. The lowest BCUT2D eigenvalue weighted by Crippen LogP contribution is -2.55. The van der Waals surface area contributed by atoms with E-state index in [1.807, 2.05) is 20.8 Å². The predicted octanol–water partition coefficient (Wildman–Crippen LogP) is 2.66. The molecule has 5 atom stereocenters. The minimum atomic E-state index is -0.752. The monoisotopic (exact) mass is 298 g/mol. The van der Waals surface area contributed by atoms with Crippen LogP contribution in [0, 0.1) is 17.3 Å². The molecule has 0 aliphatic heterocycles. The number of aliphatic hydroxyl groups is 2. The molecule has 0 saturated heterocycles. The van der Waals surface area contributed by atoms with Crippen LogP contribution in [0.25, 0.3) is 0 Å². The Morgan fingerprint density at radius 2 is 1.90 bits per heavy atom. The molecule has 0 spiro atoms. The zero-order valence-corrected chi connectivity index (χ0v) is 14.0. The SMILES string of the molecule is CC(=O)O[C@@H]1CC[C@](C)(O)[C@H]2[C@@H](CC(C)(C)O)CC[C@@]12C. The second-order valence-electron chi connectivity index (χ2n) is 8.29. The molecule has 0 aromatic heterocycles. The highest BCUT2D eigenvalue weighted by Gasteiger charge is 2.60. The van der Waals surface area contributed by atoms with Gasteiger partial charge in [-0.1, -0.05) is 6.92 Å². The summed E-state index contributed by atoms with van der Waals surface area (Å²) in [6, 6.07) is 0. The van der Waals surface area contributed by atoms with Gasteiger partial charge in [-0.25, -0.2) is 0 Å². The van der Waals surface area contributed by atoms with E-state index in [1.165, 1.54) is 6.92 Å². The normalized spacial score (nSPS) is 43.5. The number of rotatable bonds is 3. The van der Waals surface area contributed by atoms with E-state index in [0.717, 1.165) is 19.3 Å². The Morgan fingerprint density at radius 3 is 2.43 bits per heavy atom. The van der Waals surface area contributed by atoms with Crippen molar-refractivity contribution in [3.05, 3.63) is 0 Å². The van der Waals surface area contributed by atoms with Gasteiger partial charge in [-0.15, -0.1) is 0 Å². The van der Waals surface area contributed by atoms with Crippen molar-refractivity contribution in [2.75, 3.05) is 0 Å². The molecule has 0 radical (unpaired) electrons. The van der Waals surface area contributed by atoms with Crippen LogP contribution in [0.5, 0.6) is 0 Å². The number of carbonyl (C=O) groups excluding carboxylic acids is 1. The van der Waals surface area contributed by atoms with Gasteiger partial charge in [0, 0.05) is 12.3 Å². The third-order valence-corrected chi connectivity index (χ3v) is 5.62. The summed E-state index contributed by atoms with van der Waals surface area (Å²) in [5.74, 6) is 0.0883. The molecule has 2 aliphatic carbocycles. The van der Waals surface area contributed by atoms with Crippen LogP contribution >= 0.6 is 0 Å². The summed E-state index contributed by atoms with van der Waals surface area (Å²) < 4.78 is 5.57. The number of esters is 1. The third kappa shape index (κ3) is 3.26. The van der Waals surface area contributed by atoms with Crippen LogP contribution in [-0.4, -0.2) is 33.5 Å². The lowest BCUT2D eigenvalue weighted by molar-refractivity contribution is -0.182. The number of hydrogen-bond acceptors (Lipinski definition) is 4. The predicted molar refractivity (Wildman–Crippen MR) is 80.6 cm³/mol. The molecule has 0 heterocycles. The first-order chi connectivity index (χ1) is 9.46. The third-order valence-electron chi connectivity index (χ3n) is 5.62. The first kappa shape index (κ1) is 16.8. The van der Waals surface area contributed by atoms with Crippen LogP contribution in [0.15, 0.2) is 0 Å². The molecule has 21 heavy (non-hydrogen) atoms. The molecular formula is C17H30O4. The van der Waals surface area contributed by atoms with Gasteiger partial charge in [-0.3, -0.25) is 4.79 Å². The Balaban J connectivity index is 2.28. The molecule has 0 amide bonds. The molecule has 0 aromatic rings. The molecule has 2 fully saturated rings. The quantitative estimate of drug-likeness (QED) is 0.786. The Hall–Kier alpha value is -0.610. The summed E-state index contributed by atoms with van der Waals surface area (Å²) in [5.41, 5.74) is -1.68. The van der Waals surface area contributed by atoms with Gasteiger partial charge in [-0.2, -0.15) is 0 Å². The molecule has 0 unspecified atom stereocenters. The van der Waals surface area contributed by atoms with Crippen LogP contribution in [-0.2, 0) is 9.53 Å². The Morgan fingerprint density at radius 1 is 1.29 bits per heavy atom. The van der Waals surface area contributed by atoms with E-state index >= 15 is 0 Å². The fraction of sp³-hybridized carbons (Fsp3) is 0.941. The molecule has 2 saturated carbocycles. The van der Waals surface area contributed by atoms with Crippen molar-refractivity contribution >= 4 is 5.97 Å². The molecule has 4 nitrogen and oxygen atoms in total. The summed E-state index contributed by atoms with van der Waals surface area (Å²) in [7, 11) is 0. The average molecular weight is 298 g/mol. The molecule has 2 aliphatic rings. The Labute approximate surface area is 127 Å². The van der Waals surface area contributed by atoms with Crippen LogP contribution < -0.4 is 0 Å². The van der Waals surface area contributed by atoms with E-state index in [9.17, 15) is 15.0 Å². The van der Waals surface area contributed by atoms with Crippen molar-refractivity contribution in [1.82, 2.24) is 0 Å². The highest BCUT2D eigenvalue weighted by molar-refractivity contribution is 5.66. The van der Waals surface area contributed by atoms with Crippen LogP contribution in [0.1, 0.15) is 66.7 Å². The maximum Gasteiger partial charge on any atom is 0.302 e. The number of carbonyl (C=O) groups is 1. The second-order valence-corrected chi connectivity index (χ2v) is 8.29. The molecule has 2 rings (SSSR count). The van der Waals surface area contributed by atoms with Crippen molar-refractivity contribution in [2.24, 2.45) is 17.3 Å². The van der Waals surface area contributed by atoms with Gasteiger partial charge in [-0.05, 0) is 64.7 Å². The van der Waals surface area contributed by atoms with Crippen molar-refractivity contribution in [2.45, 2.75) is 84.0 Å². The highest BCUT2D eigenvalue weighted by atomic mass is 16.5. The topological polar surface area (TPSA) is 66.8 Å². The number of fused-ring (bicyclic) bond motifs is 1. The van der Waals surface area contributed by atoms with Crippen LogP contribution in [0.3, 0.4) is 0 Å². The number of hydrogen-bond donors (Lipinski definition) is 2. The van der Waals surface area contributed by atoms with Gasteiger partial charge in [0.25, 0.3) is 0 Å². The molecular weight excluding hydrogens is 268 g/mol. The summed E-state index contributed by atoms with van der Waals surface area (Å²) in [6.45, 7) is 9.15. The van der Waals surface area contributed by atoms with Gasteiger partial charge in [0.15, 0.2) is 0 Å². The van der Waals surface area contributed by atoms with E-state index in [1.54, 1.807) is 0 Å². The van der Waals surface area contributed by atoms with E-state index in [2.05, 4.69) is 6.92 Å². The van der Waals surface area contributed by atoms with E-state index in [4.69, 9.17) is 4.74 Å². The molecule has 4 heteroatoms. The van der Waals surface area contributed by atoms with Gasteiger partial charge in [0.2, 0.25) is 0 Å². The Bertz CT molecular complexity index is 410. The van der Waals surface area contributed by atoms with E-state index in [-0.39, 0.29) is 29.3 Å². The van der Waals surface area contributed by atoms with Gasteiger partial charge in [0.05, 0.1) is 11.2 Å². The first-order valence-electron chi connectivity index (χ1n) is 8.08. The summed E-state index contributed by atoms with van der Waals surface area (Å²) in [5, 5.41) is 21.1. The maximum atomic E-state index is 11.4. The van der Waals surface area contributed by atoms with Crippen molar-refractivity contribution in [3.63, 3.8) is 0 Å². The second kappa shape index (κ2) is 5.24. The maximum absolute atomic E-state index is 11.4. The van der Waals surface area contributed by atoms with Crippen molar-refractivity contribution in [3.8, 4) is 0 Å². The fourth-order valence-electron chi connectivity index (χ4n) is 5.10. The smallest absolute Gasteiger partial charge is 0.302 e. The van der Waals surface area contributed by atoms with Crippen molar-refractivity contribution < 1.29 is 19.7 Å². The number of ether oxygens (including phenoxy) is 1. The zero-order valence-electron chi connectivity index (χ0n) is 14.0. The molecule has 0 aromatic carbocycles. The summed E-state index contributed by atoms with van der Waals surface area (Å²) >= 11 is 0. The van der Waals surface area contributed by atoms with Gasteiger partial charge in [0.1, 0.15) is 6.10 Å². The molecule has 122 valence electrons. The summed E-state index contributed by atoms with van der Waals surface area (Å²) in [6.07, 6.45) is 3.83. The standard InChI is InChI=1S/C17H30O4/c1-11(18)21-13-7-9-17(5,20)14-12(10-15(2,3)19)6-8-16(13,14)4/h12-14,19-20H,6-10H2,1-5H3/t12-,13-,14+,16+,17+/m1/s1. The minimum absolute atomic E-state index is 0.0644. The lowest BCUT2D eigenvalue weighted by atomic mass is 9.58. The van der Waals surface area contributed by atoms with Crippen molar-refractivity contribution in [1.29, 1.82) is 0 Å². The lowest BCUT2D eigenvalue weighted by Gasteiger charge is -2.52.